The molecule has 0 heterocycles. The zero-order chi connectivity index (χ0) is 12.4. The lowest BCUT2D eigenvalue weighted by molar-refractivity contribution is -0.121. The van der Waals surface area contributed by atoms with E-state index in [-0.39, 0.29) is 30.5 Å². The second-order valence-corrected chi connectivity index (χ2v) is 5.30. The number of hydrogen-bond donors (Lipinski definition) is 2. The average Bonchev–Trinajstić information content (AvgIpc) is 2.17. The summed E-state index contributed by atoms with van der Waals surface area (Å²) in [4.78, 5) is 11.1. The second kappa shape index (κ2) is 8.74. The third-order valence-electron chi connectivity index (χ3n) is 1.65. The number of alkyl halides is 1. The van der Waals surface area contributed by atoms with Gasteiger partial charge in [-0.15, -0.1) is 11.6 Å². The van der Waals surface area contributed by atoms with Gasteiger partial charge in [-0.25, -0.2) is 13.1 Å². The fraction of sp³-hybridized carbons (Fsp3) is 0.875. The van der Waals surface area contributed by atoms with Crippen molar-refractivity contribution in [3.05, 3.63) is 0 Å². The van der Waals surface area contributed by atoms with Crippen molar-refractivity contribution in [2.75, 3.05) is 38.4 Å². The number of ether oxygens (including phenoxy) is 1. The first kappa shape index (κ1) is 15.6. The molecule has 0 rings (SSSR count). The normalized spacial score (nSPS) is 11.4. The summed E-state index contributed by atoms with van der Waals surface area (Å²) < 4.78 is 29.3. The summed E-state index contributed by atoms with van der Waals surface area (Å²) in [5, 5.41) is 2.58. The van der Waals surface area contributed by atoms with Crippen LogP contribution in [0.15, 0.2) is 0 Å². The zero-order valence-corrected chi connectivity index (χ0v) is 10.7. The number of sulfonamides is 1. The number of halogens is 1. The van der Waals surface area contributed by atoms with Crippen molar-refractivity contribution >= 4 is 27.5 Å². The van der Waals surface area contributed by atoms with Crippen molar-refractivity contribution in [2.45, 2.75) is 6.42 Å². The van der Waals surface area contributed by atoms with Crippen LogP contribution in [0.1, 0.15) is 6.42 Å². The molecular weight excluding hydrogens is 256 g/mol. The third-order valence-corrected chi connectivity index (χ3v) is 3.45. The monoisotopic (exact) mass is 272 g/mol. The molecule has 8 heteroatoms. The molecule has 6 nitrogen and oxygen atoms in total. The fourth-order valence-corrected chi connectivity index (χ4v) is 2.24. The number of nitrogens with one attached hydrogen (secondary N) is 2. The van der Waals surface area contributed by atoms with Gasteiger partial charge in [0, 0.05) is 32.5 Å². The van der Waals surface area contributed by atoms with Crippen LogP contribution in [0.3, 0.4) is 0 Å². The maximum Gasteiger partial charge on any atom is 0.221 e. The summed E-state index contributed by atoms with van der Waals surface area (Å²) >= 11 is 5.30. The first-order chi connectivity index (χ1) is 7.52. The highest BCUT2D eigenvalue weighted by Gasteiger charge is 2.09. The summed E-state index contributed by atoms with van der Waals surface area (Å²) in [5.41, 5.74) is 0. The molecule has 0 radical (unpaired) electrons. The van der Waals surface area contributed by atoms with Crippen LogP contribution in [0.25, 0.3) is 0 Å². The van der Waals surface area contributed by atoms with Crippen molar-refractivity contribution in [1.82, 2.24) is 10.0 Å². The number of carbonyl (C=O) groups is 1. The van der Waals surface area contributed by atoms with E-state index in [1.807, 2.05) is 0 Å². The molecule has 0 unspecified atom stereocenters. The smallest absolute Gasteiger partial charge is 0.221 e. The molecular formula is C8H17ClN2O4S. The van der Waals surface area contributed by atoms with E-state index in [2.05, 4.69) is 10.0 Å². The number of rotatable bonds is 9. The van der Waals surface area contributed by atoms with Crippen molar-refractivity contribution in [2.24, 2.45) is 0 Å². The molecule has 0 aliphatic carbocycles. The molecule has 0 aromatic carbocycles. The van der Waals surface area contributed by atoms with Gasteiger partial charge in [-0.05, 0) is 0 Å². The van der Waals surface area contributed by atoms with Crippen LogP contribution < -0.4 is 10.0 Å². The van der Waals surface area contributed by atoms with Crippen LogP contribution in [0.5, 0.6) is 0 Å². The van der Waals surface area contributed by atoms with E-state index >= 15 is 0 Å². The van der Waals surface area contributed by atoms with E-state index in [0.717, 1.165) is 0 Å². The van der Waals surface area contributed by atoms with E-state index in [1.165, 1.54) is 7.11 Å². The molecule has 1 amide bonds. The SMILES string of the molecule is COCCNC(=O)CCNS(=O)(=O)CCCl. The van der Waals surface area contributed by atoms with Gasteiger partial charge in [-0.3, -0.25) is 4.79 Å². The molecule has 0 aromatic rings. The predicted octanol–water partition coefficient (Wildman–Crippen LogP) is -0.703. The molecule has 16 heavy (non-hydrogen) atoms. The Morgan fingerprint density at radius 3 is 2.62 bits per heavy atom. The number of carbonyl (C=O) groups excluding carboxylic acids is 1. The fourth-order valence-electron chi connectivity index (χ4n) is 0.875. The maximum absolute atomic E-state index is 11.1. The molecule has 0 spiro atoms. The summed E-state index contributed by atoms with van der Waals surface area (Å²) in [5.74, 6) is -0.319. The number of methoxy groups -OCH3 is 1. The molecule has 0 atom stereocenters. The van der Waals surface area contributed by atoms with Gasteiger partial charge in [0.2, 0.25) is 15.9 Å². The van der Waals surface area contributed by atoms with E-state index in [0.29, 0.717) is 13.2 Å². The van der Waals surface area contributed by atoms with Crippen molar-refractivity contribution in [3.63, 3.8) is 0 Å². The van der Waals surface area contributed by atoms with Crippen molar-refractivity contribution in [3.8, 4) is 0 Å². The second-order valence-electron chi connectivity index (χ2n) is 2.99. The van der Waals surface area contributed by atoms with Gasteiger partial charge in [-0.2, -0.15) is 0 Å². The number of amides is 1. The van der Waals surface area contributed by atoms with Crippen LogP contribution in [-0.4, -0.2) is 52.8 Å². The average molecular weight is 273 g/mol. The van der Waals surface area contributed by atoms with Gasteiger partial charge < -0.3 is 10.1 Å². The molecule has 0 fully saturated rings. The van der Waals surface area contributed by atoms with Gasteiger partial charge in [0.25, 0.3) is 0 Å². The zero-order valence-electron chi connectivity index (χ0n) is 9.16. The summed E-state index contributed by atoms with van der Waals surface area (Å²) in [6.45, 7) is 0.936. The Balaban J connectivity index is 3.61. The Kier molecular flexibility index (Phi) is 8.54. The molecule has 0 aliphatic rings. The predicted molar refractivity (Wildman–Crippen MR) is 62.0 cm³/mol. The van der Waals surface area contributed by atoms with Crippen LogP contribution in [-0.2, 0) is 19.6 Å². The standard InChI is InChI=1S/C8H17ClN2O4S/c1-15-6-5-10-8(12)2-4-11-16(13,14)7-3-9/h11H,2-7H2,1H3,(H,10,12). The molecule has 0 aliphatic heterocycles. The molecule has 2 N–H and O–H groups in total. The quantitative estimate of drug-likeness (QED) is 0.429. The van der Waals surface area contributed by atoms with Crippen molar-refractivity contribution < 1.29 is 17.9 Å². The lowest BCUT2D eigenvalue weighted by Gasteiger charge is -2.06. The maximum atomic E-state index is 11.1. The van der Waals surface area contributed by atoms with Crippen LogP contribution in [0.4, 0.5) is 0 Å². The Morgan fingerprint density at radius 2 is 2.06 bits per heavy atom. The van der Waals surface area contributed by atoms with E-state index < -0.39 is 10.0 Å². The lowest BCUT2D eigenvalue weighted by atomic mass is 10.4. The van der Waals surface area contributed by atoms with E-state index in [9.17, 15) is 13.2 Å². The summed E-state index contributed by atoms with van der Waals surface area (Å²) in [6.07, 6.45) is 0.102. The minimum Gasteiger partial charge on any atom is -0.383 e. The first-order valence-electron chi connectivity index (χ1n) is 4.81. The molecule has 96 valence electrons. The summed E-state index contributed by atoms with van der Waals surface area (Å²) in [6, 6.07) is 0. The number of hydrogen-bond acceptors (Lipinski definition) is 4. The third kappa shape index (κ3) is 8.90. The lowest BCUT2D eigenvalue weighted by Crippen LogP contribution is -2.33. The highest BCUT2D eigenvalue weighted by molar-refractivity contribution is 7.89. The van der Waals surface area contributed by atoms with E-state index in [1.54, 1.807) is 0 Å². The molecule has 0 saturated heterocycles. The van der Waals surface area contributed by atoms with Gasteiger partial charge in [0.15, 0.2) is 0 Å². The Bertz CT molecular complexity index is 294. The largest absolute Gasteiger partial charge is 0.383 e. The van der Waals surface area contributed by atoms with Crippen LogP contribution in [0, 0.1) is 0 Å². The Labute approximate surface area is 101 Å². The highest BCUT2D eigenvalue weighted by atomic mass is 35.5. The first-order valence-corrected chi connectivity index (χ1v) is 6.99. The van der Waals surface area contributed by atoms with Crippen LogP contribution in [0.2, 0.25) is 0 Å². The Hall–Kier alpha value is -0.370. The van der Waals surface area contributed by atoms with Crippen LogP contribution >= 0.6 is 11.6 Å². The van der Waals surface area contributed by atoms with Crippen molar-refractivity contribution in [1.29, 1.82) is 0 Å². The molecule has 0 saturated carbocycles. The minimum absolute atomic E-state index is 0.0371. The summed E-state index contributed by atoms with van der Waals surface area (Å²) in [7, 11) is -1.80. The highest BCUT2D eigenvalue weighted by Crippen LogP contribution is 1.87. The minimum atomic E-state index is -3.34. The van der Waals surface area contributed by atoms with E-state index in [4.69, 9.17) is 16.3 Å². The topological polar surface area (TPSA) is 84.5 Å². The van der Waals surface area contributed by atoms with Gasteiger partial charge >= 0.3 is 0 Å². The Morgan fingerprint density at radius 1 is 1.38 bits per heavy atom. The van der Waals surface area contributed by atoms with Gasteiger partial charge in [0.1, 0.15) is 0 Å². The van der Waals surface area contributed by atoms with Gasteiger partial charge in [-0.1, -0.05) is 0 Å². The molecule has 0 bridgehead atoms. The van der Waals surface area contributed by atoms with Gasteiger partial charge in [0.05, 0.1) is 12.4 Å². The molecule has 0 aromatic heterocycles.